The van der Waals surface area contributed by atoms with Gasteiger partial charge in [0.25, 0.3) is 11.6 Å². The summed E-state index contributed by atoms with van der Waals surface area (Å²) in [5.74, 6) is 1.41. The third kappa shape index (κ3) is 6.00. The average molecular weight is 451 g/mol. The molecule has 2 aromatic carbocycles. The second-order valence-corrected chi connectivity index (χ2v) is 8.17. The molecule has 0 saturated heterocycles. The number of carbonyl (C=O) groups excluding carboxylic acids is 1. The first-order valence-corrected chi connectivity index (χ1v) is 11.2. The Bertz CT molecular complexity index is 1100. The van der Waals surface area contributed by atoms with Gasteiger partial charge in [0.15, 0.2) is 5.76 Å². The number of nitro groups is 1. The van der Waals surface area contributed by atoms with Crippen molar-refractivity contribution in [3.63, 3.8) is 0 Å². The van der Waals surface area contributed by atoms with Crippen LogP contribution in [-0.2, 0) is 6.61 Å². The van der Waals surface area contributed by atoms with Crippen LogP contribution in [0.15, 0.2) is 59.0 Å². The van der Waals surface area contributed by atoms with Crippen molar-refractivity contribution in [1.82, 2.24) is 5.32 Å². The van der Waals surface area contributed by atoms with Crippen LogP contribution in [0.25, 0.3) is 0 Å². The summed E-state index contributed by atoms with van der Waals surface area (Å²) in [4.78, 5) is 23.2. The number of rotatable bonds is 10. The van der Waals surface area contributed by atoms with E-state index in [0.29, 0.717) is 23.0 Å². The predicted octanol–water partition coefficient (Wildman–Crippen LogP) is 6.47. The SMILES string of the molecule is CCC(C)c1ccc(C(CC)NC(=O)c2ccc(COc3ccc([N+](=O)[O-])c(C)c3)o2)cc1. The first kappa shape index (κ1) is 24.0. The van der Waals surface area contributed by atoms with Crippen molar-refractivity contribution < 1.29 is 18.9 Å². The zero-order chi connectivity index (χ0) is 24.0. The fourth-order valence-electron chi connectivity index (χ4n) is 3.60. The maximum Gasteiger partial charge on any atom is 0.287 e. The monoisotopic (exact) mass is 450 g/mol. The first-order chi connectivity index (χ1) is 15.8. The van der Waals surface area contributed by atoms with Gasteiger partial charge in [0.1, 0.15) is 18.1 Å². The number of furan rings is 1. The van der Waals surface area contributed by atoms with E-state index < -0.39 is 4.92 Å². The number of nitrogens with zero attached hydrogens (tertiary/aromatic N) is 1. The normalized spacial score (nSPS) is 12.7. The molecule has 0 fully saturated rings. The molecule has 0 aliphatic rings. The molecule has 2 atom stereocenters. The highest BCUT2D eigenvalue weighted by molar-refractivity contribution is 5.91. The topological polar surface area (TPSA) is 94.6 Å². The Morgan fingerprint density at radius 1 is 1.06 bits per heavy atom. The first-order valence-electron chi connectivity index (χ1n) is 11.2. The molecule has 0 bridgehead atoms. The van der Waals surface area contributed by atoms with Gasteiger partial charge >= 0.3 is 0 Å². The fourth-order valence-corrected chi connectivity index (χ4v) is 3.60. The van der Waals surface area contributed by atoms with Crippen molar-refractivity contribution >= 4 is 11.6 Å². The van der Waals surface area contributed by atoms with Crippen LogP contribution in [-0.4, -0.2) is 10.8 Å². The van der Waals surface area contributed by atoms with Crippen LogP contribution in [0.1, 0.15) is 78.6 Å². The molecule has 0 saturated carbocycles. The number of nitro benzene ring substituents is 1. The number of hydrogen-bond donors (Lipinski definition) is 1. The lowest BCUT2D eigenvalue weighted by Gasteiger charge is -2.18. The van der Waals surface area contributed by atoms with Crippen LogP contribution < -0.4 is 10.1 Å². The number of amides is 1. The van der Waals surface area contributed by atoms with E-state index in [0.717, 1.165) is 18.4 Å². The van der Waals surface area contributed by atoms with E-state index in [1.807, 2.05) is 6.92 Å². The van der Waals surface area contributed by atoms with Crippen LogP contribution in [0.4, 0.5) is 5.69 Å². The van der Waals surface area contributed by atoms with E-state index in [1.54, 1.807) is 31.2 Å². The van der Waals surface area contributed by atoms with Crippen molar-refractivity contribution in [3.8, 4) is 5.75 Å². The van der Waals surface area contributed by atoms with Crippen LogP contribution >= 0.6 is 0 Å². The Balaban J connectivity index is 1.60. The Morgan fingerprint density at radius 3 is 2.36 bits per heavy atom. The van der Waals surface area contributed by atoms with Crippen molar-refractivity contribution in [2.45, 2.75) is 59.1 Å². The average Bonchev–Trinajstić information content (AvgIpc) is 3.30. The van der Waals surface area contributed by atoms with Gasteiger partial charge in [-0.15, -0.1) is 0 Å². The van der Waals surface area contributed by atoms with Crippen molar-refractivity contribution in [1.29, 1.82) is 0 Å². The fraction of sp³-hybridized carbons (Fsp3) is 0.346. The van der Waals surface area contributed by atoms with E-state index in [2.05, 4.69) is 43.4 Å². The van der Waals surface area contributed by atoms with Crippen molar-refractivity contribution in [2.24, 2.45) is 0 Å². The summed E-state index contributed by atoms with van der Waals surface area (Å²) in [5.41, 5.74) is 2.90. The van der Waals surface area contributed by atoms with Crippen LogP contribution in [0.2, 0.25) is 0 Å². The van der Waals surface area contributed by atoms with Crippen molar-refractivity contribution in [2.75, 3.05) is 0 Å². The van der Waals surface area contributed by atoms with Crippen molar-refractivity contribution in [3.05, 3.63) is 92.9 Å². The third-order valence-electron chi connectivity index (χ3n) is 5.87. The van der Waals surface area contributed by atoms with E-state index in [1.165, 1.54) is 11.6 Å². The molecule has 0 aliphatic carbocycles. The van der Waals surface area contributed by atoms with Crippen LogP contribution in [0.5, 0.6) is 5.75 Å². The molecule has 7 heteroatoms. The zero-order valence-electron chi connectivity index (χ0n) is 19.5. The Kier molecular flexibility index (Phi) is 7.87. The summed E-state index contributed by atoms with van der Waals surface area (Å²) in [6, 6.07) is 16.1. The van der Waals surface area contributed by atoms with Crippen LogP contribution in [0.3, 0.4) is 0 Å². The molecular weight excluding hydrogens is 420 g/mol. The number of benzene rings is 2. The van der Waals surface area contributed by atoms with Gasteiger partial charge < -0.3 is 14.5 Å². The molecule has 3 aromatic rings. The zero-order valence-corrected chi connectivity index (χ0v) is 19.5. The summed E-state index contributed by atoms with van der Waals surface area (Å²) in [6.45, 7) is 8.17. The second-order valence-electron chi connectivity index (χ2n) is 8.17. The lowest BCUT2D eigenvalue weighted by molar-refractivity contribution is -0.385. The summed E-state index contributed by atoms with van der Waals surface area (Å²) >= 11 is 0. The second kappa shape index (κ2) is 10.8. The minimum atomic E-state index is -0.430. The molecule has 0 aliphatic heterocycles. The molecule has 2 unspecified atom stereocenters. The summed E-state index contributed by atoms with van der Waals surface area (Å²) in [5, 5.41) is 14.0. The van der Waals surface area contributed by atoms with Gasteiger partial charge in [0, 0.05) is 11.6 Å². The summed E-state index contributed by atoms with van der Waals surface area (Å²) in [7, 11) is 0. The molecule has 33 heavy (non-hydrogen) atoms. The number of hydrogen-bond acceptors (Lipinski definition) is 5. The third-order valence-corrected chi connectivity index (χ3v) is 5.87. The minimum absolute atomic E-state index is 0.0410. The Morgan fingerprint density at radius 2 is 1.76 bits per heavy atom. The van der Waals surface area contributed by atoms with Gasteiger partial charge in [-0.2, -0.15) is 0 Å². The van der Waals surface area contributed by atoms with Gasteiger partial charge in [-0.3, -0.25) is 14.9 Å². The van der Waals surface area contributed by atoms with E-state index in [-0.39, 0.29) is 30.0 Å². The molecule has 1 aromatic heterocycles. The molecule has 7 nitrogen and oxygen atoms in total. The van der Waals surface area contributed by atoms with Gasteiger partial charge in [0.05, 0.1) is 11.0 Å². The standard InChI is InChI=1S/C26H30N2O5/c1-5-17(3)19-7-9-20(10-8-19)23(6-2)27-26(29)25-14-12-22(33-25)16-32-21-11-13-24(28(30)31)18(4)15-21/h7-15,17,23H,5-6,16H2,1-4H3,(H,27,29). The molecule has 3 rings (SSSR count). The highest BCUT2D eigenvalue weighted by Gasteiger charge is 2.18. The highest BCUT2D eigenvalue weighted by atomic mass is 16.6. The lowest BCUT2D eigenvalue weighted by atomic mass is 9.95. The molecule has 174 valence electrons. The van der Waals surface area contributed by atoms with Gasteiger partial charge in [0.2, 0.25) is 0 Å². The predicted molar refractivity (Wildman–Crippen MR) is 127 cm³/mol. The number of aryl methyl sites for hydroxylation is 1. The summed E-state index contributed by atoms with van der Waals surface area (Å²) in [6.07, 6.45) is 1.84. The van der Waals surface area contributed by atoms with Gasteiger partial charge in [-0.05, 0) is 61.1 Å². The number of nitrogens with one attached hydrogen (secondary N) is 1. The highest BCUT2D eigenvalue weighted by Crippen LogP contribution is 2.25. The van der Waals surface area contributed by atoms with Gasteiger partial charge in [-0.1, -0.05) is 45.0 Å². The minimum Gasteiger partial charge on any atom is -0.486 e. The molecule has 1 amide bonds. The Labute approximate surface area is 193 Å². The quantitative estimate of drug-likeness (QED) is 0.282. The Hall–Kier alpha value is -3.61. The smallest absolute Gasteiger partial charge is 0.287 e. The molecular formula is C26H30N2O5. The van der Waals surface area contributed by atoms with E-state index in [4.69, 9.17) is 9.15 Å². The lowest BCUT2D eigenvalue weighted by Crippen LogP contribution is -2.27. The number of ether oxygens (including phenoxy) is 1. The molecule has 0 radical (unpaired) electrons. The maximum absolute atomic E-state index is 12.7. The largest absolute Gasteiger partial charge is 0.486 e. The van der Waals surface area contributed by atoms with Crippen LogP contribution in [0, 0.1) is 17.0 Å². The number of carbonyl (C=O) groups is 1. The maximum atomic E-state index is 12.7. The summed E-state index contributed by atoms with van der Waals surface area (Å²) < 4.78 is 11.3. The molecule has 1 heterocycles. The van der Waals surface area contributed by atoms with E-state index >= 15 is 0 Å². The van der Waals surface area contributed by atoms with E-state index in [9.17, 15) is 14.9 Å². The molecule has 1 N–H and O–H groups in total. The molecule has 0 spiro atoms. The van der Waals surface area contributed by atoms with Gasteiger partial charge in [-0.25, -0.2) is 0 Å².